The average molecular weight is 458 g/mol. The van der Waals surface area contributed by atoms with Crippen molar-refractivity contribution in [3.8, 4) is 5.75 Å². The molecule has 0 aromatic heterocycles. The van der Waals surface area contributed by atoms with Gasteiger partial charge in [0, 0.05) is 27.7 Å². The summed E-state index contributed by atoms with van der Waals surface area (Å²) in [4.78, 5) is 46.7. The molecule has 1 saturated heterocycles. The topological polar surface area (TPSA) is 126 Å². The van der Waals surface area contributed by atoms with Gasteiger partial charge in [0.25, 0.3) is 0 Å². The molecule has 1 aliphatic heterocycles. The number of amides is 1. The van der Waals surface area contributed by atoms with Crippen molar-refractivity contribution in [3.63, 3.8) is 0 Å². The summed E-state index contributed by atoms with van der Waals surface area (Å²) in [5.41, 5.74) is 0. The molecule has 0 aliphatic carbocycles. The Kier molecular flexibility index (Phi) is 8.64. The van der Waals surface area contributed by atoms with Crippen molar-refractivity contribution in [2.45, 2.75) is 58.3 Å². The van der Waals surface area contributed by atoms with E-state index >= 15 is 0 Å². The maximum Gasteiger partial charge on any atom is 0.303 e. The van der Waals surface area contributed by atoms with Gasteiger partial charge in [0.15, 0.2) is 12.2 Å². The summed E-state index contributed by atoms with van der Waals surface area (Å²) in [7, 11) is 0. The summed E-state index contributed by atoms with van der Waals surface area (Å²) < 4.78 is 27.5. The van der Waals surface area contributed by atoms with Crippen molar-refractivity contribution in [3.05, 3.63) is 29.3 Å². The van der Waals surface area contributed by atoms with Crippen molar-refractivity contribution in [2.75, 3.05) is 6.61 Å². The van der Waals surface area contributed by atoms with E-state index in [1.165, 1.54) is 13.8 Å². The number of carbonyl (C=O) groups is 4. The van der Waals surface area contributed by atoms with Gasteiger partial charge < -0.3 is 29.0 Å². The molecule has 0 unspecified atom stereocenters. The van der Waals surface area contributed by atoms with Crippen molar-refractivity contribution in [2.24, 2.45) is 0 Å². The third-order valence-corrected chi connectivity index (χ3v) is 4.46. The number of nitrogens with one attached hydrogen (secondary N) is 1. The first kappa shape index (κ1) is 24.4. The van der Waals surface area contributed by atoms with E-state index in [1.807, 2.05) is 0 Å². The lowest BCUT2D eigenvalue weighted by atomic mass is 9.96. The van der Waals surface area contributed by atoms with Crippen molar-refractivity contribution >= 4 is 35.4 Å². The third-order valence-electron chi connectivity index (χ3n) is 4.15. The van der Waals surface area contributed by atoms with E-state index in [1.54, 1.807) is 24.3 Å². The van der Waals surface area contributed by atoms with Crippen molar-refractivity contribution < 1.29 is 42.9 Å². The van der Waals surface area contributed by atoms with Crippen LogP contribution in [0.1, 0.15) is 27.7 Å². The summed E-state index contributed by atoms with van der Waals surface area (Å²) >= 11 is 6.16. The molecule has 10 nitrogen and oxygen atoms in total. The number of rotatable bonds is 7. The number of esters is 3. The van der Waals surface area contributed by atoms with Crippen LogP contribution in [0.3, 0.4) is 0 Å². The summed E-state index contributed by atoms with van der Waals surface area (Å²) in [5.74, 6) is -2.21. The summed E-state index contributed by atoms with van der Waals surface area (Å²) in [5, 5.41) is 2.88. The number of benzene rings is 1. The Morgan fingerprint density at radius 2 is 1.58 bits per heavy atom. The van der Waals surface area contributed by atoms with E-state index < -0.39 is 54.5 Å². The Morgan fingerprint density at radius 3 is 2.13 bits per heavy atom. The highest BCUT2D eigenvalue weighted by molar-refractivity contribution is 6.32. The zero-order valence-electron chi connectivity index (χ0n) is 17.5. The van der Waals surface area contributed by atoms with Crippen LogP contribution in [0.25, 0.3) is 0 Å². The predicted molar refractivity (Wildman–Crippen MR) is 106 cm³/mol. The number of carbonyl (C=O) groups excluding carboxylic acids is 4. The number of para-hydroxylation sites is 1. The molecule has 1 aliphatic rings. The average Bonchev–Trinajstić information content (AvgIpc) is 2.65. The standard InChI is InChI=1S/C20H24ClNO9/c1-10(23)22-17-19(29-13(4)26)18(28-12(3)25)16(9-27-11(2)24)31-20(17)30-15-8-6-5-7-14(15)21/h5-8,16-20H,9H2,1-4H3,(H,22,23)/t16-,17+,18+,19-,20-/m1/s1. The molecule has 11 heteroatoms. The molecule has 1 aromatic rings. The molecule has 1 heterocycles. The van der Waals surface area contributed by atoms with E-state index in [0.717, 1.165) is 13.8 Å². The Balaban J connectivity index is 2.46. The maximum absolute atomic E-state index is 11.9. The van der Waals surface area contributed by atoms with Crippen LogP contribution in [0.4, 0.5) is 0 Å². The predicted octanol–water partition coefficient (Wildman–Crippen LogP) is 1.37. The van der Waals surface area contributed by atoms with Crippen LogP contribution in [0.5, 0.6) is 5.75 Å². The Hall–Kier alpha value is -2.85. The first-order valence-electron chi connectivity index (χ1n) is 9.40. The highest BCUT2D eigenvalue weighted by atomic mass is 35.5. The SMILES string of the molecule is CC(=O)N[C@@H]1[C@H](Oc2ccccc2Cl)O[C@H](COC(C)=O)[C@H](OC(C)=O)[C@@H]1OC(C)=O. The van der Waals surface area contributed by atoms with Crippen LogP contribution in [-0.2, 0) is 38.1 Å². The fourth-order valence-corrected chi connectivity index (χ4v) is 3.24. The summed E-state index contributed by atoms with van der Waals surface area (Å²) in [6, 6.07) is 5.48. The van der Waals surface area contributed by atoms with Gasteiger partial charge in [-0.05, 0) is 12.1 Å². The fraction of sp³-hybridized carbons (Fsp3) is 0.500. The van der Waals surface area contributed by atoms with Crippen LogP contribution >= 0.6 is 11.6 Å². The smallest absolute Gasteiger partial charge is 0.303 e. The minimum absolute atomic E-state index is 0.239. The quantitative estimate of drug-likeness (QED) is 0.477. The maximum atomic E-state index is 11.9. The molecule has 31 heavy (non-hydrogen) atoms. The van der Waals surface area contributed by atoms with Gasteiger partial charge in [0.2, 0.25) is 12.2 Å². The van der Waals surface area contributed by atoms with Crippen LogP contribution in [0, 0.1) is 0 Å². The largest absolute Gasteiger partial charge is 0.463 e. The van der Waals surface area contributed by atoms with Gasteiger partial charge in [-0.25, -0.2) is 0 Å². The van der Waals surface area contributed by atoms with Crippen molar-refractivity contribution in [1.82, 2.24) is 5.32 Å². The van der Waals surface area contributed by atoms with E-state index in [-0.39, 0.29) is 17.4 Å². The number of ether oxygens (including phenoxy) is 5. The minimum Gasteiger partial charge on any atom is -0.463 e. The molecule has 1 aromatic carbocycles. The highest BCUT2D eigenvalue weighted by Crippen LogP contribution is 2.31. The second-order valence-corrected chi connectivity index (χ2v) is 7.18. The number of hydrogen-bond acceptors (Lipinski definition) is 9. The van der Waals surface area contributed by atoms with Gasteiger partial charge in [-0.1, -0.05) is 23.7 Å². The molecular formula is C20H24ClNO9. The van der Waals surface area contributed by atoms with Gasteiger partial charge >= 0.3 is 17.9 Å². The molecular weight excluding hydrogens is 434 g/mol. The lowest BCUT2D eigenvalue weighted by molar-refractivity contribution is -0.257. The number of hydrogen-bond donors (Lipinski definition) is 1. The molecule has 1 amide bonds. The second kappa shape index (κ2) is 11.0. The van der Waals surface area contributed by atoms with Gasteiger partial charge in [-0.15, -0.1) is 0 Å². The van der Waals surface area contributed by atoms with E-state index in [0.29, 0.717) is 0 Å². The summed E-state index contributed by atoms with van der Waals surface area (Å²) in [6.45, 7) is 4.46. The van der Waals surface area contributed by atoms with Crippen LogP contribution in [0.15, 0.2) is 24.3 Å². The number of halogens is 1. The molecule has 0 saturated carbocycles. The zero-order valence-corrected chi connectivity index (χ0v) is 18.2. The normalized spacial score (nSPS) is 25.1. The molecule has 170 valence electrons. The summed E-state index contributed by atoms with van der Waals surface area (Å²) in [6.07, 6.45) is -4.68. The monoisotopic (exact) mass is 457 g/mol. The van der Waals surface area contributed by atoms with Gasteiger partial charge in [0.1, 0.15) is 24.5 Å². The van der Waals surface area contributed by atoms with Crippen LogP contribution < -0.4 is 10.1 Å². The molecule has 1 fully saturated rings. The van der Waals surface area contributed by atoms with Gasteiger partial charge in [-0.3, -0.25) is 19.2 Å². The Labute approximate surface area is 184 Å². The van der Waals surface area contributed by atoms with Crippen molar-refractivity contribution in [1.29, 1.82) is 0 Å². The highest BCUT2D eigenvalue weighted by Gasteiger charge is 2.52. The molecule has 1 N–H and O–H groups in total. The Morgan fingerprint density at radius 1 is 0.968 bits per heavy atom. The van der Waals surface area contributed by atoms with E-state index in [4.69, 9.17) is 35.3 Å². The van der Waals surface area contributed by atoms with Crippen LogP contribution in [0.2, 0.25) is 5.02 Å². The first-order valence-corrected chi connectivity index (χ1v) is 9.77. The molecule has 5 atom stereocenters. The molecule has 2 rings (SSSR count). The van der Waals surface area contributed by atoms with Gasteiger partial charge in [-0.2, -0.15) is 0 Å². The Bertz CT molecular complexity index is 831. The molecule has 0 spiro atoms. The molecule has 0 radical (unpaired) electrons. The molecule has 0 bridgehead atoms. The lowest BCUT2D eigenvalue weighted by Crippen LogP contribution is -2.67. The van der Waals surface area contributed by atoms with Crippen LogP contribution in [-0.4, -0.2) is 61.1 Å². The zero-order chi connectivity index (χ0) is 23.1. The lowest BCUT2D eigenvalue weighted by Gasteiger charge is -2.44. The third kappa shape index (κ3) is 7.11. The minimum atomic E-state index is -1.22. The van der Waals surface area contributed by atoms with E-state index in [2.05, 4.69) is 5.32 Å². The fourth-order valence-electron chi connectivity index (χ4n) is 3.06. The second-order valence-electron chi connectivity index (χ2n) is 6.77. The van der Waals surface area contributed by atoms with Gasteiger partial charge in [0.05, 0.1) is 5.02 Å². The van der Waals surface area contributed by atoms with E-state index in [9.17, 15) is 19.2 Å². The first-order chi connectivity index (χ1) is 14.6.